The van der Waals surface area contributed by atoms with Crippen LogP contribution in [-0.2, 0) is 22.5 Å². The standard InChI is InChI=1S/C16H27N5O3/c1-21(10-14-19-13(20-24-14)3-8-23-2)15(22)12-9-16(11-18-12)4-6-17-7-5-16/h12,17-18H,3-11H2,1-2H3/t12-/m1/s1. The molecule has 0 aromatic carbocycles. The number of rotatable bonds is 6. The van der Waals surface area contributed by atoms with Gasteiger partial charge in [-0.3, -0.25) is 4.79 Å². The van der Waals surface area contributed by atoms with Crippen LogP contribution in [0.4, 0.5) is 0 Å². The molecule has 1 atom stereocenters. The third-order valence-electron chi connectivity index (χ3n) is 5.11. The van der Waals surface area contributed by atoms with Gasteiger partial charge >= 0.3 is 0 Å². The molecule has 0 radical (unpaired) electrons. The van der Waals surface area contributed by atoms with E-state index in [-0.39, 0.29) is 17.4 Å². The highest BCUT2D eigenvalue weighted by atomic mass is 16.5. The van der Waals surface area contributed by atoms with E-state index in [1.54, 1.807) is 19.1 Å². The van der Waals surface area contributed by atoms with Crippen LogP contribution in [-0.4, -0.2) is 67.4 Å². The summed E-state index contributed by atoms with van der Waals surface area (Å²) in [5, 5.41) is 10.7. The number of hydrogen-bond donors (Lipinski definition) is 2. The number of amides is 1. The zero-order valence-corrected chi connectivity index (χ0v) is 14.5. The Morgan fingerprint density at radius 1 is 1.46 bits per heavy atom. The number of hydrogen-bond acceptors (Lipinski definition) is 7. The molecule has 3 heterocycles. The summed E-state index contributed by atoms with van der Waals surface area (Å²) < 4.78 is 10.2. The molecule has 1 amide bonds. The summed E-state index contributed by atoms with van der Waals surface area (Å²) in [6, 6.07) is -0.107. The van der Waals surface area contributed by atoms with Gasteiger partial charge in [0.25, 0.3) is 0 Å². The minimum atomic E-state index is -0.107. The summed E-state index contributed by atoms with van der Waals surface area (Å²) in [5.41, 5.74) is 0.282. The Balaban J connectivity index is 1.52. The van der Waals surface area contributed by atoms with Crippen molar-refractivity contribution in [1.82, 2.24) is 25.7 Å². The quantitative estimate of drug-likeness (QED) is 0.752. The van der Waals surface area contributed by atoms with Crippen LogP contribution >= 0.6 is 0 Å². The maximum Gasteiger partial charge on any atom is 0.246 e. The molecular formula is C16H27N5O3. The highest BCUT2D eigenvalue weighted by Crippen LogP contribution is 2.37. The number of piperidine rings is 1. The summed E-state index contributed by atoms with van der Waals surface area (Å²) in [6.07, 6.45) is 3.80. The lowest BCUT2D eigenvalue weighted by atomic mass is 9.77. The van der Waals surface area contributed by atoms with Crippen LogP contribution in [0.15, 0.2) is 4.52 Å². The van der Waals surface area contributed by atoms with Crippen LogP contribution in [0.2, 0.25) is 0 Å². The topological polar surface area (TPSA) is 92.5 Å². The maximum absolute atomic E-state index is 12.7. The van der Waals surface area contributed by atoms with Crippen LogP contribution < -0.4 is 10.6 Å². The molecule has 1 aromatic heterocycles. The van der Waals surface area contributed by atoms with Gasteiger partial charge in [-0.05, 0) is 37.8 Å². The smallest absolute Gasteiger partial charge is 0.246 e. The van der Waals surface area contributed by atoms with Gasteiger partial charge in [0, 0.05) is 27.1 Å². The number of carbonyl (C=O) groups excluding carboxylic acids is 1. The van der Waals surface area contributed by atoms with Crippen molar-refractivity contribution in [1.29, 1.82) is 0 Å². The second-order valence-electron chi connectivity index (χ2n) is 6.93. The lowest BCUT2D eigenvalue weighted by Gasteiger charge is -2.33. The van der Waals surface area contributed by atoms with E-state index in [4.69, 9.17) is 9.26 Å². The summed E-state index contributed by atoms with van der Waals surface area (Å²) in [6.45, 7) is 3.91. The highest BCUT2D eigenvalue weighted by Gasteiger charge is 2.42. The first kappa shape index (κ1) is 17.3. The minimum Gasteiger partial charge on any atom is -0.384 e. The Morgan fingerprint density at radius 2 is 2.25 bits per heavy atom. The van der Waals surface area contributed by atoms with Crippen molar-refractivity contribution in [3.05, 3.63) is 11.7 Å². The van der Waals surface area contributed by atoms with Crippen molar-refractivity contribution in [3.8, 4) is 0 Å². The first-order chi connectivity index (χ1) is 11.6. The average molecular weight is 337 g/mol. The number of aromatic nitrogens is 2. The van der Waals surface area contributed by atoms with Crippen molar-refractivity contribution in [2.45, 2.75) is 38.3 Å². The molecule has 3 rings (SSSR count). The van der Waals surface area contributed by atoms with Gasteiger partial charge in [0.05, 0.1) is 19.2 Å². The third-order valence-corrected chi connectivity index (χ3v) is 5.11. The Morgan fingerprint density at radius 3 is 3.00 bits per heavy atom. The molecule has 1 spiro atoms. The van der Waals surface area contributed by atoms with Crippen LogP contribution in [0, 0.1) is 5.41 Å². The second kappa shape index (κ2) is 7.58. The van der Waals surface area contributed by atoms with E-state index in [2.05, 4.69) is 20.8 Å². The molecule has 24 heavy (non-hydrogen) atoms. The van der Waals surface area contributed by atoms with Gasteiger partial charge < -0.3 is 24.8 Å². The molecule has 2 saturated heterocycles. The molecule has 2 fully saturated rings. The summed E-state index contributed by atoms with van der Waals surface area (Å²) in [7, 11) is 3.42. The molecular weight excluding hydrogens is 310 g/mol. The number of likely N-dealkylation sites (N-methyl/N-ethyl adjacent to an activating group) is 1. The normalized spacial score (nSPS) is 22.8. The average Bonchev–Trinajstić information content (AvgIpc) is 3.20. The number of methoxy groups -OCH3 is 1. The highest BCUT2D eigenvalue weighted by molar-refractivity contribution is 5.82. The van der Waals surface area contributed by atoms with E-state index in [0.717, 1.165) is 38.9 Å². The molecule has 1 aromatic rings. The van der Waals surface area contributed by atoms with Crippen LogP contribution in [0.5, 0.6) is 0 Å². The molecule has 0 bridgehead atoms. The Hall–Kier alpha value is -1.51. The summed E-state index contributed by atoms with van der Waals surface area (Å²) in [4.78, 5) is 18.7. The zero-order valence-electron chi connectivity index (χ0n) is 14.5. The SMILES string of the molecule is COCCc1noc(CN(C)C(=O)[C@H]2CC3(CCNCC3)CN2)n1. The minimum absolute atomic E-state index is 0.0991. The van der Waals surface area contributed by atoms with E-state index >= 15 is 0 Å². The predicted molar refractivity (Wildman–Crippen MR) is 87.3 cm³/mol. The van der Waals surface area contributed by atoms with E-state index in [0.29, 0.717) is 31.3 Å². The largest absolute Gasteiger partial charge is 0.384 e. The fraction of sp³-hybridized carbons (Fsp3) is 0.812. The number of nitrogens with zero attached hydrogens (tertiary/aromatic N) is 3. The molecule has 2 aliphatic heterocycles. The predicted octanol–water partition coefficient (Wildman–Crippen LogP) is -0.0514. The van der Waals surface area contributed by atoms with E-state index < -0.39 is 0 Å². The maximum atomic E-state index is 12.7. The zero-order chi connectivity index (χ0) is 17.0. The first-order valence-corrected chi connectivity index (χ1v) is 8.61. The van der Waals surface area contributed by atoms with Crippen molar-refractivity contribution < 1.29 is 14.1 Å². The molecule has 0 saturated carbocycles. The number of nitrogens with one attached hydrogen (secondary N) is 2. The monoisotopic (exact) mass is 337 g/mol. The first-order valence-electron chi connectivity index (χ1n) is 8.61. The number of carbonyl (C=O) groups is 1. The van der Waals surface area contributed by atoms with Gasteiger partial charge in [-0.25, -0.2) is 0 Å². The van der Waals surface area contributed by atoms with Crippen LogP contribution in [0.25, 0.3) is 0 Å². The van der Waals surface area contributed by atoms with E-state index in [9.17, 15) is 4.79 Å². The molecule has 0 aliphatic carbocycles. The Kier molecular flexibility index (Phi) is 5.47. The second-order valence-corrected chi connectivity index (χ2v) is 6.93. The molecule has 2 N–H and O–H groups in total. The van der Waals surface area contributed by atoms with Crippen molar-refractivity contribution in [2.75, 3.05) is 40.4 Å². The van der Waals surface area contributed by atoms with Gasteiger partial charge in [-0.15, -0.1) is 0 Å². The lowest BCUT2D eigenvalue weighted by molar-refractivity contribution is -0.132. The van der Waals surface area contributed by atoms with E-state index in [1.807, 2.05) is 0 Å². The van der Waals surface area contributed by atoms with Gasteiger partial charge in [0.2, 0.25) is 11.8 Å². The van der Waals surface area contributed by atoms with E-state index in [1.165, 1.54) is 0 Å². The Labute approximate surface area is 142 Å². The summed E-state index contributed by atoms with van der Waals surface area (Å²) >= 11 is 0. The molecule has 8 heteroatoms. The molecule has 8 nitrogen and oxygen atoms in total. The molecule has 134 valence electrons. The Bertz CT molecular complexity index is 556. The van der Waals surface area contributed by atoms with Crippen molar-refractivity contribution in [2.24, 2.45) is 5.41 Å². The number of ether oxygens (including phenoxy) is 1. The van der Waals surface area contributed by atoms with Gasteiger partial charge in [-0.2, -0.15) is 4.98 Å². The van der Waals surface area contributed by atoms with Gasteiger partial charge in [0.15, 0.2) is 5.82 Å². The molecule has 2 aliphatic rings. The van der Waals surface area contributed by atoms with Gasteiger partial charge in [-0.1, -0.05) is 5.16 Å². The lowest BCUT2D eigenvalue weighted by Crippen LogP contribution is -2.41. The van der Waals surface area contributed by atoms with Crippen LogP contribution in [0.3, 0.4) is 0 Å². The van der Waals surface area contributed by atoms with Crippen molar-refractivity contribution >= 4 is 5.91 Å². The third kappa shape index (κ3) is 3.93. The van der Waals surface area contributed by atoms with Gasteiger partial charge in [0.1, 0.15) is 0 Å². The molecule has 0 unspecified atom stereocenters. The fourth-order valence-electron chi connectivity index (χ4n) is 3.63. The van der Waals surface area contributed by atoms with Crippen molar-refractivity contribution in [3.63, 3.8) is 0 Å². The summed E-state index contributed by atoms with van der Waals surface area (Å²) in [5.74, 6) is 1.17. The van der Waals surface area contributed by atoms with Crippen LogP contribution in [0.1, 0.15) is 31.0 Å². The fourth-order valence-corrected chi connectivity index (χ4v) is 3.63.